The van der Waals surface area contributed by atoms with Crippen molar-refractivity contribution in [3.63, 3.8) is 0 Å². The molecular weight excluding hydrogens is 304 g/mol. The van der Waals surface area contributed by atoms with Gasteiger partial charge in [0, 0.05) is 17.6 Å². The van der Waals surface area contributed by atoms with E-state index < -0.39 is 12.1 Å². The third-order valence-electron chi connectivity index (χ3n) is 3.58. The zero-order chi connectivity index (χ0) is 15.5. The Hall–Kier alpha value is -2.12. The van der Waals surface area contributed by atoms with Crippen LogP contribution in [0, 0.1) is 0 Å². The van der Waals surface area contributed by atoms with Gasteiger partial charge in [0.25, 0.3) is 5.91 Å². The van der Waals surface area contributed by atoms with Gasteiger partial charge in [-0.05, 0) is 23.6 Å². The minimum atomic E-state index is -1.04. The van der Waals surface area contributed by atoms with Gasteiger partial charge < -0.3 is 19.3 Å². The summed E-state index contributed by atoms with van der Waals surface area (Å²) in [4.78, 5) is 26.4. The van der Waals surface area contributed by atoms with Crippen molar-refractivity contribution in [2.24, 2.45) is 0 Å². The number of carbonyl (C=O) groups is 2. The lowest BCUT2D eigenvalue weighted by Gasteiger charge is -2.31. The Morgan fingerprint density at radius 1 is 1.36 bits per heavy atom. The maximum atomic E-state index is 12.6. The summed E-state index contributed by atoms with van der Waals surface area (Å²) in [5.74, 6) is -1.19. The summed E-state index contributed by atoms with van der Waals surface area (Å²) in [6.45, 7) is 1.37. The third kappa shape index (κ3) is 3.05. The zero-order valence-corrected chi connectivity index (χ0v) is 12.7. The molecule has 2 aromatic rings. The van der Waals surface area contributed by atoms with E-state index in [1.165, 1.54) is 0 Å². The number of thiophene rings is 1. The van der Waals surface area contributed by atoms with E-state index in [1.54, 1.807) is 22.3 Å². The molecule has 1 aliphatic heterocycles. The van der Waals surface area contributed by atoms with Crippen molar-refractivity contribution in [2.45, 2.75) is 12.6 Å². The molecule has 2 aromatic heterocycles. The van der Waals surface area contributed by atoms with Gasteiger partial charge in [-0.3, -0.25) is 4.79 Å². The number of carboxylic acid groups (broad SMARTS) is 1. The first kappa shape index (κ1) is 14.8. The molecule has 1 saturated heterocycles. The fourth-order valence-corrected chi connectivity index (χ4v) is 3.16. The first-order chi connectivity index (χ1) is 10.6. The van der Waals surface area contributed by atoms with Crippen LogP contribution >= 0.6 is 11.3 Å². The van der Waals surface area contributed by atoms with E-state index >= 15 is 0 Å². The minimum absolute atomic E-state index is 0.0817. The number of hydrogen-bond acceptors (Lipinski definition) is 4. The molecule has 0 aromatic carbocycles. The maximum Gasteiger partial charge on any atom is 0.334 e. The summed E-state index contributed by atoms with van der Waals surface area (Å²) < 4.78 is 7.04. The number of ether oxygens (including phenoxy) is 1. The predicted octanol–water partition coefficient (Wildman–Crippen LogP) is 1.52. The molecule has 7 heteroatoms. The molecule has 1 aliphatic rings. The van der Waals surface area contributed by atoms with Gasteiger partial charge in [0.1, 0.15) is 5.69 Å². The second kappa shape index (κ2) is 6.33. The Morgan fingerprint density at radius 2 is 2.23 bits per heavy atom. The molecule has 3 heterocycles. The number of amides is 1. The molecule has 1 fully saturated rings. The van der Waals surface area contributed by atoms with E-state index in [1.807, 2.05) is 34.3 Å². The summed E-state index contributed by atoms with van der Waals surface area (Å²) in [5, 5.41) is 11.0. The number of morpholine rings is 1. The number of aliphatic carboxylic acids is 1. The maximum absolute atomic E-state index is 12.6. The summed E-state index contributed by atoms with van der Waals surface area (Å²) in [7, 11) is 0. The van der Waals surface area contributed by atoms with Crippen LogP contribution in [0.25, 0.3) is 0 Å². The van der Waals surface area contributed by atoms with Crippen LogP contribution in [0.15, 0.2) is 35.8 Å². The first-order valence-electron chi connectivity index (χ1n) is 6.96. The van der Waals surface area contributed by atoms with Gasteiger partial charge in [-0.2, -0.15) is 0 Å². The molecule has 0 bridgehead atoms. The topological polar surface area (TPSA) is 71.8 Å². The molecule has 1 amide bonds. The number of nitrogens with zero attached hydrogens (tertiary/aromatic N) is 2. The largest absolute Gasteiger partial charge is 0.479 e. The van der Waals surface area contributed by atoms with Gasteiger partial charge in [0.05, 0.1) is 19.7 Å². The van der Waals surface area contributed by atoms with Crippen molar-refractivity contribution in [3.05, 3.63) is 46.4 Å². The van der Waals surface area contributed by atoms with Crippen LogP contribution in [0.5, 0.6) is 0 Å². The van der Waals surface area contributed by atoms with Crippen LogP contribution in [0.1, 0.15) is 15.4 Å². The lowest BCUT2D eigenvalue weighted by molar-refractivity contribution is -0.154. The number of aromatic nitrogens is 1. The molecule has 0 saturated carbocycles. The van der Waals surface area contributed by atoms with E-state index in [-0.39, 0.29) is 19.1 Å². The molecule has 22 heavy (non-hydrogen) atoms. The second-order valence-corrected chi connectivity index (χ2v) is 6.08. The fourth-order valence-electron chi connectivity index (χ4n) is 2.46. The molecule has 6 nitrogen and oxygen atoms in total. The van der Waals surface area contributed by atoms with E-state index in [0.717, 1.165) is 4.88 Å². The van der Waals surface area contributed by atoms with Crippen molar-refractivity contribution in [1.29, 1.82) is 0 Å². The highest BCUT2D eigenvalue weighted by molar-refractivity contribution is 7.09. The zero-order valence-electron chi connectivity index (χ0n) is 11.8. The average molecular weight is 320 g/mol. The lowest BCUT2D eigenvalue weighted by atomic mass is 10.2. The molecule has 0 aliphatic carbocycles. The van der Waals surface area contributed by atoms with Crippen molar-refractivity contribution in [3.8, 4) is 0 Å². The number of carbonyl (C=O) groups excluding carboxylic acids is 1. The number of carboxylic acids is 1. The first-order valence-corrected chi connectivity index (χ1v) is 7.84. The Balaban J connectivity index is 1.75. The average Bonchev–Trinajstić information content (AvgIpc) is 3.19. The van der Waals surface area contributed by atoms with Crippen molar-refractivity contribution in [1.82, 2.24) is 9.47 Å². The van der Waals surface area contributed by atoms with Crippen LogP contribution in [-0.2, 0) is 16.1 Å². The molecule has 0 spiro atoms. The van der Waals surface area contributed by atoms with E-state index in [0.29, 0.717) is 18.8 Å². The summed E-state index contributed by atoms with van der Waals surface area (Å²) in [6.07, 6.45) is 0.917. The smallest absolute Gasteiger partial charge is 0.334 e. The van der Waals surface area contributed by atoms with Crippen LogP contribution in [0.3, 0.4) is 0 Å². The second-order valence-electron chi connectivity index (χ2n) is 5.05. The summed E-state index contributed by atoms with van der Waals surface area (Å²) in [6, 6.07) is 7.59. The van der Waals surface area contributed by atoms with Gasteiger partial charge in [0.15, 0.2) is 6.10 Å². The van der Waals surface area contributed by atoms with Gasteiger partial charge in [-0.25, -0.2) is 4.79 Å². The molecule has 0 unspecified atom stereocenters. The van der Waals surface area contributed by atoms with Gasteiger partial charge in [0.2, 0.25) is 0 Å². The normalized spacial score (nSPS) is 18.4. The Bertz CT molecular complexity index is 665. The monoisotopic (exact) mass is 320 g/mol. The van der Waals surface area contributed by atoms with E-state index in [2.05, 4.69) is 0 Å². The van der Waals surface area contributed by atoms with Gasteiger partial charge >= 0.3 is 5.97 Å². The van der Waals surface area contributed by atoms with Crippen molar-refractivity contribution in [2.75, 3.05) is 19.7 Å². The highest BCUT2D eigenvalue weighted by Gasteiger charge is 2.30. The van der Waals surface area contributed by atoms with Crippen LogP contribution in [-0.4, -0.2) is 52.3 Å². The SMILES string of the molecule is O=C(O)[C@H]1CN(C(=O)c2cccn2Cc2cccs2)CCO1. The van der Waals surface area contributed by atoms with Crippen molar-refractivity contribution >= 4 is 23.2 Å². The van der Waals surface area contributed by atoms with E-state index in [4.69, 9.17) is 9.84 Å². The Labute approximate surface area is 131 Å². The number of rotatable bonds is 4. The molecule has 1 N–H and O–H groups in total. The molecule has 0 radical (unpaired) electrons. The highest BCUT2D eigenvalue weighted by Crippen LogP contribution is 2.16. The van der Waals surface area contributed by atoms with Crippen LogP contribution in [0.4, 0.5) is 0 Å². The number of hydrogen-bond donors (Lipinski definition) is 1. The third-order valence-corrected chi connectivity index (χ3v) is 4.45. The predicted molar refractivity (Wildman–Crippen MR) is 81.1 cm³/mol. The summed E-state index contributed by atoms with van der Waals surface area (Å²) in [5.41, 5.74) is 0.569. The molecular formula is C15H16N2O4S. The van der Waals surface area contributed by atoms with Gasteiger partial charge in [-0.1, -0.05) is 6.07 Å². The lowest BCUT2D eigenvalue weighted by Crippen LogP contribution is -2.48. The fraction of sp³-hybridized carbons (Fsp3) is 0.333. The van der Waals surface area contributed by atoms with Crippen LogP contribution < -0.4 is 0 Å². The van der Waals surface area contributed by atoms with Crippen LogP contribution in [0.2, 0.25) is 0 Å². The quantitative estimate of drug-likeness (QED) is 0.927. The molecule has 1 atom stereocenters. The van der Waals surface area contributed by atoms with E-state index in [9.17, 15) is 9.59 Å². The molecule has 3 rings (SSSR count). The Morgan fingerprint density at radius 3 is 2.95 bits per heavy atom. The highest BCUT2D eigenvalue weighted by atomic mass is 32.1. The van der Waals surface area contributed by atoms with Gasteiger partial charge in [-0.15, -0.1) is 11.3 Å². The summed E-state index contributed by atoms with van der Waals surface area (Å²) >= 11 is 1.64. The minimum Gasteiger partial charge on any atom is -0.479 e. The Kier molecular flexibility index (Phi) is 4.26. The molecule has 116 valence electrons. The standard InChI is InChI=1S/C15H16N2O4S/c18-14(17-6-7-21-13(10-17)15(19)20)12-4-1-5-16(12)9-11-3-2-8-22-11/h1-5,8,13H,6-7,9-10H2,(H,19,20)/t13-/m1/s1. The van der Waals surface area contributed by atoms with Crippen molar-refractivity contribution < 1.29 is 19.4 Å².